The van der Waals surface area contributed by atoms with Gasteiger partial charge in [-0.2, -0.15) is 0 Å². The quantitative estimate of drug-likeness (QED) is 0.856. The van der Waals surface area contributed by atoms with Crippen LogP contribution in [0.25, 0.3) is 0 Å². The number of hydrogen-bond donors (Lipinski definition) is 1. The van der Waals surface area contributed by atoms with Crippen LogP contribution < -0.4 is 0 Å². The van der Waals surface area contributed by atoms with Crippen molar-refractivity contribution >= 4 is 12.0 Å². The van der Waals surface area contributed by atoms with Crippen LogP contribution in [-0.2, 0) is 11.3 Å². The summed E-state index contributed by atoms with van der Waals surface area (Å²) in [7, 11) is 1.65. The summed E-state index contributed by atoms with van der Waals surface area (Å²) in [5, 5.41) is 8.89. The third-order valence-corrected chi connectivity index (χ3v) is 3.00. The molecular formula is C13H20N2O4. The molecule has 1 atom stereocenters. The van der Waals surface area contributed by atoms with Gasteiger partial charge < -0.3 is 19.3 Å². The van der Waals surface area contributed by atoms with Crippen LogP contribution in [0.15, 0.2) is 23.0 Å². The molecule has 1 heterocycles. The number of carboxylic acids is 1. The highest BCUT2D eigenvalue weighted by atomic mass is 16.4. The van der Waals surface area contributed by atoms with E-state index in [9.17, 15) is 9.59 Å². The minimum atomic E-state index is -1.01. The minimum Gasteiger partial charge on any atom is -0.480 e. The van der Waals surface area contributed by atoms with Gasteiger partial charge in [-0.3, -0.25) is 4.79 Å². The van der Waals surface area contributed by atoms with Gasteiger partial charge in [-0.05, 0) is 19.4 Å². The normalized spacial score (nSPS) is 11.9. The monoisotopic (exact) mass is 268 g/mol. The molecule has 6 heteroatoms. The largest absolute Gasteiger partial charge is 0.480 e. The molecular weight excluding hydrogens is 248 g/mol. The summed E-state index contributed by atoms with van der Waals surface area (Å²) >= 11 is 0. The summed E-state index contributed by atoms with van der Waals surface area (Å²) in [4.78, 5) is 26.0. The fourth-order valence-electron chi connectivity index (χ4n) is 1.72. The van der Waals surface area contributed by atoms with E-state index in [0.717, 1.165) is 5.56 Å². The van der Waals surface area contributed by atoms with Crippen molar-refractivity contribution in [1.29, 1.82) is 0 Å². The van der Waals surface area contributed by atoms with Gasteiger partial charge in [0, 0.05) is 18.7 Å². The highest BCUT2D eigenvalue weighted by molar-refractivity contribution is 5.80. The Balaban J connectivity index is 2.71. The van der Waals surface area contributed by atoms with E-state index in [1.54, 1.807) is 19.4 Å². The van der Waals surface area contributed by atoms with E-state index < -0.39 is 5.97 Å². The first-order valence-corrected chi connectivity index (χ1v) is 6.20. The van der Waals surface area contributed by atoms with Crippen LogP contribution in [0.3, 0.4) is 0 Å². The molecule has 0 saturated heterocycles. The Morgan fingerprint density at radius 1 is 1.47 bits per heavy atom. The second-order valence-electron chi connectivity index (χ2n) is 4.55. The fourth-order valence-corrected chi connectivity index (χ4v) is 1.72. The van der Waals surface area contributed by atoms with E-state index in [0.29, 0.717) is 13.0 Å². The first-order chi connectivity index (χ1) is 8.95. The van der Waals surface area contributed by atoms with Gasteiger partial charge in [0.25, 0.3) is 0 Å². The smallest absolute Gasteiger partial charge is 0.323 e. The fraction of sp³-hybridized carbons (Fsp3) is 0.538. The van der Waals surface area contributed by atoms with Crippen molar-refractivity contribution in [3.8, 4) is 0 Å². The Morgan fingerprint density at radius 3 is 2.63 bits per heavy atom. The molecule has 1 N–H and O–H groups in total. The Hall–Kier alpha value is -1.98. The van der Waals surface area contributed by atoms with Crippen LogP contribution in [-0.4, -0.2) is 46.5 Å². The van der Waals surface area contributed by atoms with Crippen molar-refractivity contribution in [3.05, 3.63) is 24.2 Å². The Labute approximate surface area is 112 Å². The molecule has 19 heavy (non-hydrogen) atoms. The van der Waals surface area contributed by atoms with Gasteiger partial charge in [-0.1, -0.05) is 6.92 Å². The van der Waals surface area contributed by atoms with Gasteiger partial charge in [0.1, 0.15) is 6.54 Å². The Bertz CT molecular complexity index is 416. The van der Waals surface area contributed by atoms with E-state index in [-0.39, 0.29) is 18.6 Å². The molecule has 0 fully saturated rings. The maximum atomic E-state index is 12.3. The third-order valence-electron chi connectivity index (χ3n) is 3.00. The van der Waals surface area contributed by atoms with Crippen molar-refractivity contribution in [1.82, 2.24) is 9.80 Å². The molecule has 0 bridgehead atoms. The molecule has 0 aliphatic heterocycles. The predicted octanol–water partition coefficient (Wildman–Crippen LogP) is 2.02. The summed E-state index contributed by atoms with van der Waals surface area (Å²) < 4.78 is 4.94. The second-order valence-corrected chi connectivity index (χ2v) is 4.55. The average Bonchev–Trinajstić information content (AvgIpc) is 2.86. The molecule has 2 amide bonds. The zero-order valence-electron chi connectivity index (χ0n) is 11.5. The van der Waals surface area contributed by atoms with Crippen molar-refractivity contribution in [2.45, 2.75) is 32.9 Å². The van der Waals surface area contributed by atoms with E-state index in [2.05, 4.69) is 0 Å². The Morgan fingerprint density at radius 2 is 2.16 bits per heavy atom. The Kier molecular flexibility index (Phi) is 5.41. The lowest BCUT2D eigenvalue weighted by Crippen LogP contribution is -2.47. The maximum absolute atomic E-state index is 12.3. The number of nitrogens with zero attached hydrogens (tertiary/aromatic N) is 2. The first kappa shape index (κ1) is 15.1. The molecule has 0 aliphatic carbocycles. The third kappa shape index (κ3) is 4.31. The number of rotatable bonds is 6. The van der Waals surface area contributed by atoms with Gasteiger partial charge in [-0.25, -0.2) is 4.79 Å². The molecule has 6 nitrogen and oxygen atoms in total. The lowest BCUT2D eigenvalue weighted by molar-refractivity contribution is -0.138. The number of carbonyl (C=O) groups excluding carboxylic acids is 1. The van der Waals surface area contributed by atoms with Gasteiger partial charge in [0.05, 0.1) is 19.1 Å². The summed E-state index contributed by atoms with van der Waals surface area (Å²) in [6.07, 6.45) is 3.81. The zero-order chi connectivity index (χ0) is 14.4. The van der Waals surface area contributed by atoms with Crippen LogP contribution in [0.1, 0.15) is 25.8 Å². The van der Waals surface area contributed by atoms with Gasteiger partial charge in [0.2, 0.25) is 0 Å². The van der Waals surface area contributed by atoms with Crippen LogP contribution in [0.4, 0.5) is 4.79 Å². The van der Waals surface area contributed by atoms with Crippen molar-refractivity contribution in [2.75, 3.05) is 13.6 Å². The average molecular weight is 268 g/mol. The van der Waals surface area contributed by atoms with E-state index in [1.165, 1.54) is 16.1 Å². The molecule has 1 aromatic rings. The molecule has 0 aromatic carbocycles. The number of hydrogen-bond acceptors (Lipinski definition) is 3. The highest BCUT2D eigenvalue weighted by Crippen LogP contribution is 2.10. The molecule has 1 aromatic heterocycles. The van der Waals surface area contributed by atoms with Crippen LogP contribution in [0.5, 0.6) is 0 Å². The number of urea groups is 1. The number of amides is 2. The van der Waals surface area contributed by atoms with Crippen molar-refractivity contribution in [3.63, 3.8) is 0 Å². The molecule has 0 aliphatic rings. The number of carboxylic acid groups (broad SMARTS) is 1. The lowest BCUT2D eigenvalue weighted by Gasteiger charge is -2.31. The van der Waals surface area contributed by atoms with Crippen LogP contribution >= 0.6 is 0 Å². The van der Waals surface area contributed by atoms with Crippen LogP contribution in [0.2, 0.25) is 0 Å². The van der Waals surface area contributed by atoms with Crippen molar-refractivity contribution < 1.29 is 19.1 Å². The van der Waals surface area contributed by atoms with E-state index in [4.69, 9.17) is 9.52 Å². The molecule has 106 valence electrons. The summed E-state index contributed by atoms with van der Waals surface area (Å²) in [5.41, 5.74) is 0.871. The molecule has 0 saturated carbocycles. The second kappa shape index (κ2) is 6.82. The van der Waals surface area contributed by atoms with Crippen molar-refractivity contribution in [2.24, 2.45) is 0 Å². The highest BCUT2D eigenvalue weighted by Gasteiger charge is 2.24. The number of aliphatic carboxylic acids is 1. The summed E-state index contributed by atoms with van der Waals surface area (Å²) in [5.74, 6) is -1.01. The minimum absolute atomic E-state index is 0.115. The topological polar surface area (TPSA) is 74.0 Å². The van der Waals surface area contributed by atoms with Crippen LogP contribution in [0, 0.1) is 0 Å². The van der Waals surface area contributed by atoms with E-state index >= 15 is 0 Å². The molecule has 0 spiro atoms. The van der Waals surface area contributed by atoms with Gasteiger partial charge >= 0.3 is 12.0 Å². The van der Waals surface area contributed by atoms with Gasteiger partial charge in [-0.15, -0.1) is 0 Å². The first-order valence-electron chi connectivity index (χ1n) is 6.20. The molecule has 1 rings (SSSR count). The predicted molar refractivity (Wildman–Crippen MR) is 69.7 cm³/mol. The molecule has 1 unspecified atom stereocenters. The number of furan rings is 1. The zero-order valence-corrected chi connectivity index (χ0v) is 11.5. The maximum Gasteiger partial charge on any atom is 0.323 e. The molecule has 0 radical (unpaired) electrons. The van der Waals surface area contributed by atoms with Gasteiger partial charge in [0.15, 0.2) is 0 Å². The number of carbonyl (C=O) groups is 2. The SMILES string of the molecule is CCC(C)N(CC(=O)O)C(=O)N(C)Cc1ccoc1. The summed E-state index contributed by atoms with van der Waals surface area (Å²) in [6.45, 7) is 3.86. The summed E-state index contributed by atoms with van der Waals surface area (Å²) in [6, 6.07) is 1.36. The lowest BCUT2D eigenvalue weighted by atomic mass is 10.2. The van der Waals surface area contributed by atoms with E-state index in [1.807, 2.05) is 13.8 Å². The standard InChI is InChI=1S/C13H20N2O4/c1-4-10(2)15(8-12(16)17)13(18)14(3)7-11-5-6-19-9-11/h5-6,9-10H,4,7-8H2,1-3H3,(H,16,17).